The summed E-state index contributed by atoms with van der Waals surface area (Å²) >= 11 is 0. The summed E-state index contributed by atoms with van der Waals surface area (Å²) in [5, 5.41) is 12.0. The van der Waals surface area contributed by atoms with Gasteiger partial charge >= 0.3 is 0 Å². The second-order valence-corrected chi connectivity index (χ2v) is 5.11. The van der Waals surface area contributed by atoms with Crippen molar-refractivity contribution in [1.82, 2.24) is 25.1 Å². The average molecular weight is 282 g/mol. The lowest BCUT2D eigenvalue weighted by molar-refractivity contribution is 0.357. The summed E-state index contributed by atoms with van der Waals surface area (Å²) in [7, 11) is 0. The quantitative estimate of drug-likeness (QED) is 0.762. The van der Waals surface area contributed by atoms with Gasteiger partial charge in [-0.3, -0.25) is 0 Å². The standard InChI is InChI=1S/C14H14N6O/c15-6-10-7-20(19-17-10)8-13-16-14(18-21-13)12-5-9-3-1-2-4-11(9)12/h1-4,7,12H,5-6,8,15H2. The highest BCUT2D eigenvalue weighted by atomic mass is 16.5. The molecule has 0 aliphatic heterocycles. The van der Waals surface area contributed by atoms with E-state index in [0.717, 1.165) is 17.9 Å². The molecular formula is C14H14N6O. The zero-order valence-corrected chi connectivity index (χ0v) is 11.3. The minimum atomic E-state index is 0.244. The summed E-state index contributed by atoms with van der Waals surface area (Å²) in [6.45, 7) is 0.780. The van der Waals surface area contributed by atoms with E-state index in [4.69, 9.17) is 10.3 Å². The molecule has 1 aliphatic rings. The summed E-state index contributed by atoms with van der Waals surface area (Å²) in [5.74, 6) is 1.51. The first-order valence-corrected chi connectivity index (χ1v) is 6.83. The van der Waals surface area contributed by atoms with E-state index in [-0.39, 0.29) is 5.92 Å². The van der Waals surface area contributed by atoms with Crippen LogP contribution in [0.4, 0.5) is 0 Å². The third kappa shape index (κ3) is 2.11. The van der Waals surface area contributed by atoms with Gasteiger partial charge in [-0.25, -0.2) is 4.68 Å². The summed E-state index contributed by atoms with van der Waals surface area (Å²) in [6, 6.07) is 8.34. The van der Waals surface area contributed by atoms with Crippen molar-refractivity contribution in [3.05, 3.63) is 59.0 Å². The Hall–Kier alpha value is -2.54. The number of fused-ring (bicyclic) bond motifs is 1. The maximum absolute atomic E-state index is 5.50. The monoisotopic (exact) mass is 282 g/mol. The fraction of sp³-hybridized carbons (Fsp3) is 0.286. The Morgan fingerprint density at radius 2 is 2.24 bits per heavy atom. The highest BCUT2D eigenvalue weighted by molar-refractivity contribution is 5.43. The van der Waals surface area contributed by atoms with Gasteiger partial charge in [-0.05, 0) is 17.5 Å². The molecule has 0 spiro atoms. The van der Waals surface area contributed by atoms with Gasteiger partial charge in [0.05, 0.1) is 17.8 Å². The maximum atomic E-state index is 5.50. The van der Waals surface area contributed by atoms with Gasteiger partial charge in [0, 0.05) is 6.54 Å². The van der Waals surface area contributed by atoms with Crippen molar-refractivity contribution in [2.24, 2.45) is 5.73 Å². The Kier molecular flexibility index (Phi) is 2.78. The van der Waals surface area contributed by atoms with Crippen molar-refractivity contribution < 1.29 is 4.52 Å². The van der Waals surface area contributed by atoms with E-state index in [1.54, 1.807) is 10.9 Å². The van der Waals surface area contributed by atoms with E-state index in [0.29, 0.717) is 19.0 Å². The predicted molar refractivity (Wildman–Crippen MR) is 73.3 cm³/mol. The van der Waals surface area contributed by atoms with Crippen LogP contribution < -0.4 is 5.73 Å². The SMILES string of the molecule is NCc1cn(Cc2nc(C3Cc4ccccc43)no2)nn1. The molecule has 2 aromatic heterocycles. The topological polar surface area (TPSA) is 95.7 Å². The second-order valence-electron chi connectivity index (χ2n) is 5.11. The van der Waals surface area contributed by atoms with E-state index in [1.165, 1.54) is 11.1 Å². The Bertz CT molecular complexity index is 777. The number of benzene rings is 1. The predicted octanol–water partition coefficient (Wildman–Crippen LogP) is 0.856. The van der Waals surface area contributed by atoms with E-state index in [9.17, 15) is 0 Å². The second kappa shape index (κ2) is 4.78. The Balaban J connectivity index is 1.52. The minimum absolute atomic E-state index is 0.244. The minimum Gasteiger partial charge on any atom is -0.337 e. The first-order valence-electron chi connectivity index (χ1n) is 6.83. The Morgan fingerprint density at radius 1 is 1.33 bits per heavy atom. The summed E-state index contributed by atoms with van der Waals surface area (Å²) in [6.07, 6.45) is 2.75. The van der Waals surface area contributed by atoms with Crippen LogP contribution in [0, 0.1) is 0 Å². The van der Waals surface area contributed by atoms with E-state index in [2.05, 4.69) is 38.7 Å². The van der Waals surface area contributed by atoms with Gasteiger partial charge < -0.3 is 10.3 Å². The van der Waals surface area contributed by atoms with Gasteiger partial charge in [0.2, 0.25) is 5.89 Å². The van der Waals surface area contributed by atoms with E-state index >= 15 is 0 Å². The molecule has 1 aliphatic carbocycles. The van der Waals surface area contributed by atoms with Crippen LogP contribution in [0.5, 0.6) is 0 Å². The molecule has 1 atom stereocenters. The number of aromatic nitrogens is 5. The molecular weight excluding hydrogens is 268 g/mol. The van der Waals surface area contributed by atoms with E-state index < -0.39 is 0 Å². The summed E-state index contributed by atoms with van der Waals surface area (Å²) in [4.78, 5) is 4.46. The van der Waals surface area contributed by atoms with Gasteiger partial charge in [0.15, 0.2) is 5.82 Å². The summed E-state index contributed by atoms with van der Waals surface area (Å²) < 4.78 is 6.95. The van der Waals surface area contributed by atoms with Gasteiger partial charge in [0.1, 0.15) is 6.54 Å². The van der Waals surface area contributed by atoms with Crippen LogP contribution in [-0.4, -0.2) is 25.1 Å². The first kappa shape index (κ1) is 12.2. The molecule has 0 fully saturated rings. The van der Waals surface area contributed by atoms with Crippen molar-refractivity contribution in [2.75, 3.05) is 0 Å². The highest BCUT2D eigenvalue weighted by Gasteiger charge is 2.30. The fourth-order valence-electron chi connectivity index (χ4n) is 2.61. The lowest BCUT2D eigenvalue weighted by Crippen LogP contribution is -2.19. The Labute approximate surface area is 120 Å². The first-order chi connectivity index (χ1) is 10.3. The van der Waals surface area contributed by atoms with Gasteiger partial charge in [0.25, 0.3) is 0 Å². The molecule has 1 unspecified atom stereocenters. The van der Waals surface area contributed by atoms with Crippen LogP contribution in [0.15, 0.2) is 35.0 Å². The van der Waals surface area contributed by atoms with Crippen LogP contribution in [-0.2, 0) is 19.5 Å². The smallest absolute Gasteiger partial charge is 0.248 e. The third-order valence-corrected chi connectivity index (χ3v) is 3.74. The fourth-order valence-corrected chi connectivity index (χ4v) is 2.61. The lowest BCUT2D eigenvalue weighted by Gasteiger charge is -2.27. The normalized spacial score (nSPS) is 16.5. The molecule has 3 aromatic rings. The van der Waals surface area contributed by atoms with Crippen molar-refractivity contribution in [3.63, 3.8) is 0 Å². The maximum Gasteiger partial charge on any atom is 0.248 e. The number of nitrogens with zero attached hydrogens (tertiary/aromatic N) is 5. The van der Waals surface area contributed by atoms with Crippen molar-refractivity contribution in [2.45, 2.75) is 25.4 Å². The molecule has 2 heterocycles. The molecule has 21 heavy (non-hydrogen) atoms. The molecule has 1 aromatic carbocycles. The number of nitrogens with two attached hydrogens (primary N) is 1. The third-order valence-electron chi connectivity index (χ3n) is 3.74. The molecule has 7 nitrogen and oxygen atoms in total. The molecule has 106 valence electrons. The molecule has 0 bridgehead atoms. The average Bonchev–Trinajstić information content (AvgIpc) is 3.10. The zero-order valence-electron chi connectivity index (χ0n) is 11.3. The molecule has 0 saturated heterocycles. The van der Waals surface area contributed by atoms with Crippen molar-refractivity contribution >= 4 is 0 Å². The zero-order chi connectivity index (χ0) is 14.2. The van der Waals surface area contributed by atoms with Crippen LogP contribution in [0.25, 0.3) is 0 Å². The highest BCUT2D eigenvalue weighted by Crippen LogP contribution is 2.38. The molecule has 2 N–H and O–H groups in total. The number of hydrogen-bond acceptors (Lipinski definition) is 6. The molecule has 0 amide bonds. The largest absolute Gasteiger partial charge is 0.337 e. The lowest BCUT2D eigenvalue weighted by atomic mass is 9.77. The molecule has 4 rings (SSSR count). The van der Waals surface area contributed by atoms with Crippen molar-refractivity contribution in [1.29, 1.82) is 0 Å². The summed E-state index contributed by atoms with van der Waals surface area (Å²) in [5.41, 5.74) is 8.89. The number of rotatable bonds is 4. The van der Waals surface area contributed by atoms with Crippen LogP contribution in [0.2, 0.25) is 0 Å². The van der Waals surface area contributed by atoms with E-state index in [1.807, 2.05) is 6.07 Å². The number of hydrogen-bond donors (Lipinski definition) is 1. The van der Waals surface area contributed by atoms with Crippen LogP contribution >= 0.6 is 0 Å². The van der Waals surface area contributed by atoms with Crippen molar-refractivity contribution in [3.8, 4) is 0 Å². The molecule has 7 heteroatoms. The van der Waals surface area contributed by atoms with Crippen LogP contribution in [0.3, 0.4) is 0 Å². The Morgan fingerprint density at radius 3 is 3.05 bits per heavy atom. The van der Waals surface area contributed by atoms with Gasteiger partial charge in [-0.2, -0.15) is 4.98 Å². The van der Waals surface area contributed by atoms with Crippen LogP contribution in [0.1, 0.15) is 34.5 Å². The van der Waals surface area contributed by atoms with Gasteiger partial charge in [-0.15, -0.1) is 5.10 Å². The molecule has 0 radical (unpaired) electrons. The molecule has 0 saturated carbocycles. The van der Waals surface area contributed by atoms with Gasteiger partial charge in [-0.1, -0.05) is 34.6 Å².